The molecule has 4 rings (SSSR count). The summed E-state index contributed by atoms with van der Waals surface area (Å²) in [7, 11) is 3.81. The molecule has 0 bridgehead atoms. The van der Waals surface area contributed by atoms with Crippen molar-refractivity contribution in [3.05, 3.63) is 52.6 Å². The zero-order valence-corrected chi connectivity index (χ0v) is 17.0. The van der Waals surface area contributed by atoms with Crippen molar-refractivity contribution in [3.63, 3.8) is 0 Å². The van der Waals surface area contributed by atoms with Gasteiger partial charge < -0.3 is 19.9 Å². The number of nitrogens with one attached hydrogen (secondary N) is 1. The zero-order chi connectivity index (χ0) is 19.5. The molecule has 0 radical (unpaired) electrons. The molecule has 5 nitrogen and oxygen atoms in total. The zero-order valence-electron chi connectivity index (χ0n) is 17.0. The van der Waals surface area contributed by atoms with Crippen molar-refractivity contribution < 1.29 is 9.53 Å². The van der Waals surface area contributed by atoms with Gasteiger partial charge in [0.1, 0.15) is 5.75 Å². The van der Waals surface area contributed by atoms with Crippen molar-refractivity contribution in [3.8, 4) is 5.75 Å². The Labute approximate surface area is 168 Å². The highest BCUT2D eigenvalue weighted by Gasteiger charge is 2.31. The van der Waals surface area contributed by atoms with Crippen molar-refractivity contribution in [1.29, 1.82) is 0 Å². The number of methoxy groups -OCH3 is 1. The number of nitrogens with zero attached hydrogens (tertiary/aromatic N) is 2. The summed E-state index contributed by atoms with van der Waals surface area (Å²) in [6, 6.07) is 8.61. The fraction of sp³-hybridized carbons (Fsp3) is 0.522. The average molecular weight is 382 g/mol. The van der Waals surface area contributed by atoms with Crippen LogP contribution in [0.3, 0.4) is 0 Å². The van der Waals surface area contributed by atoms with Gasteiger partial charge in [-0.1, -0.05) is 12.1 Å². The van der Waals surface area contributed by atoms with Crippen molar-refractivity contribution in [2.75, 3.05) is 40.3 Å². The number of ether oxygens (including phenoxy) is 1. The Morgan fingerprint density at radius 1 is 1.18 bits per heavy atom. The Morgan fingerprint density at radius 3 is 2.64 bits per heavy atom. The molecule has 1 unspecified atom stereocenters. The van der Waals surface area contributed by atoms with Gasteiger partial charge in [-0.2, -0.15) is 0 Å². The molecule has 0 spiro atoms. The molecule has 1 aromatic carbocycles. The summed E-state index contributed by atoms with van der Waals surface area (Å²) in [6.07, 6.45) is 6.46. The second-order valence-electron chi connectivity index (χ2n) is 8.17. The lowest BCUT2D eigenvalue weighted by atomic mass is 9.88. The Morgan fingerprint density at radius 2 is 1.93 bits per heavy atom. The van der Waals surface area contributed by atoms with E-state index in [1.54, 1.807) is 7.11 Å². The van der Waals surface area contributed by atoms with E-state index in [0.29, 0.717) is 6.04 Å². The van der Waals surface area contributed by atoms with Gasteiger partial charge >= 0.3 is 0 Å². The second kappa shape index (κ2) is 8.50. The molecule has 1 aliphatic heterocycles. The molecule has 0 aromatic heterocycles. The van der Waals surface area contributed by atoms with Crippen molar-refractivity contribution in [2.24, 2.45) is 0 Å². The summed E-state index contributed by atoms with van der Waals surface area (Å²) in [6.45, 7) is 4.47. The lowest BCUT2D eigenvalue weighted by Crippen LogP contribution is -2.47. The number of carbonyl (C=O) groups excluding carboxylic acids is 1. The Hall–Kier alpha value is -2.11. The highest BCUT2D eigenvalue weighted by atomic mass is 16.5. The molecular weight excluding hydrogens is 350 g/mol. The highest BCUT2D eigenvalue weighted by Crippen LogP contribution is 2.37. The van der Waals surface area contributed by atoms with Crippen LogP contribution in [0.25, 0.3) is 0 Å². The third-order valence-corrected chi connectivity index (χ3v) is 6.28. The second-order valence-corrected chi connectivity index (χ2v) is 8.17. The van der Waals surface area contributed by atoms with Gasteiger partial charge in [-0.15, -0.1) is 0 Å². The highest BCUT2D eigenvalue weighted by molar-refractivity contribution is 5.95. The molecule has 1 heterocycles. The number of allylic oxidation sites excluding steroid dienone is 2. The van der Waals surface area contributed by atoms with Gasteiger partial charge in [0.05, 0.1) is 7.11 Å². The molecule has 5 heteroatoms. The van der Waals surface area contributed by atoms with E-state index >= 15 is 0 Å². The monoisotopic (exact) mass is 381 g/mol. The van der Waals surface area contributed by atoms with Crippen LogP contribution in [0.2, 0.25) is 0 Å². The van der Waals surface area contributed by atoms with Gasteiger partial charge in [-0.25, -0.2) is 0 Å². The maximum atomic E-state index is 13.0. The van der Waals surface area contributed by atoms with Crippen LogP contribution in [0, 0.1) is 0 Å². The third-order valence-electron chi connectivity index (χ3n) is 6.28. The fourth-order valence-electron chi connectivity index (χ4n) is 4.48. The van der Waals surface area contributed by atoms with Crippen LogP contribution >= 0.6 is 0 Å². The summed E-state index contributed by atoms with van der Waals surface area (Å²) >= 11 is 0. The molecule has 28 heavy (non-hydrogen) atoms. The van der Waals surface area contributed by atoms with E-state index in [2.05, 4.69) is 35.5 Å². The minimum Gasteiger partial charge on any atom is -0.497 e. The van der Waals surface area contributed by atoms with E-state index in [1.165, 1.54) is 23.1 Å². The summed E-state index contributed by atoms with van der Waals surface area (Å²) in [5, 5.41) is 3.73. The van der Waals surface area contributed by atoms with E-state index in [-0.39, 0.29) is 5.91 Å². The van der Waals surface area contributed by atoms with Gasteiger partial charge in [0.2, 0.25) is 5.91 Å². The molecule has 1 N–H and O–H groups in total. The number of piperazine rings is 1. The molecule has 1 aromatic rings. The molecule has 3 aliphatic rings. The standard InChI is InChI=1S/C23H31N3O2/c1-25-10-12-26(13-11-25)23(27)19-14-18-4-3-5-22(21(18)15-19)24-16-17-6-8-20(28-2)9-7-17/h6-9,14,22,24H,3-5,10-13,15-16H2,1-2H3. The number of hydrogen-bond donors (Lipinski definition) is 1. The SMILES string of the molecule is COc1ccc(CNC2CCCC3=C2CC(C(=O)N2CCN(C)CC2)=C3)cc1. The molecule has 1 fully saturated rings. The normalized spacial score (nSPS) is 22.9. The average Bonchev–Trinajstić information content (AvgIpc) is 3.17. The number of benzene rings is 1. The van der Waals surface area contributed by atoms with Crippen molar-refractivity contribution in [2.45, 2.75) is 38.3 Å². The number of hydrogen-bond acceptors (Lipinski definition) is 4. The maximum Gasteiger partial charge on any atom is 0.250 e. The van der Waals surface area contributed by atoms with Gasteiger partial charge in [0.15, 0.2) is 0 Å². The lowest BCUT2D eigenvalue weighted by Gasteiger charge is -2.33. The van der Waals surface area contributed by atoms with Gasteiger partial charge in [0, 0.05) is 50.8 Å². The first-order valence-electron chi connectivity index (χ1n) is 10.4. The van der Waals surface area contributed by atoms with Gasteiger partial charge in [-0.05, 0) is 61.2 Å². The molecule has 2 aliphatic carbocycles. The lowest BCUT2D eigenvalue weighted by molar-refractivity contribution is -0.128. The first-order valence-corrected chi connectivity index (χ1v) is 10.4. The number of rotatable bonds is 5. The number of carbonyl (C=O) groups is 1. The first kappa shape index (κ1) is 19.2. The summed E-state index contributed by atoms with van der Waals surface area (Å²) < 4.78 is 5.24. The predicted octanol–water partition coefficient (Wildman–Crippen LogP) is 2.74. The van der Waals surface area contributed by atoms with Crippen LogP contribution < -0.4 is 10.1 Å². The molecule has 1 atom stereocenters. The molecule has 150 valence electrons. The van der Waals surface area contributed by atoms with Crippen LogP contribution in [0.5, 0.6) is 5.75 Å². The maximum absolute atomic E-state index is 13.0. The van der Waals surface area contributed by atoms with E-state index in [0.717, 1.165) is 63.3 Å². The van der Waals surface area contributed by atoms with Crippen LogP contribution in [0.15, 0.2) is 47.1 Å². The van der Waals surface area contributed by atoms with Crippen molar-refractivity contribution >= 4 is 5.91 Å². The minimum absolute atomic E-state index is 0.247. The third kappa shape index (κ3) is 4.15. The molecule has 1 amide bonds. The summed E-state index contributed by atoms with van der Waals surface area (Å²) in [5.41, 5.74) is 5.09. The van der Waals surface area contributed by atoms with E-state index < -0.39 is 0 Å². The summed E-state index contributed by atoms with van der Waals surface area (Å²) in [5.74, 6) is 1.13. The smallest absolute Gasteiger partial charge is 0.250 e. The van der Waals surface area contributed by atoms with E-state index in [4.69, 9.17) is 4.74 Å². The van der Waals surface area contributed by atoms with E-state index in [1.807, 2.05) is 17.0 Å². The largest absolute Gasteiger partial charge is 0.497 e. The topological polar surface area (TPSA) is 44.8 Å². The van der Waals surface area contributed by atoms with Crippen LogP contribution in [-0.2, 0) is 11.3 Å². The quantitative estimate of drug-likeness (QED) is 0.852. The number of amides is 1. The fourth-order valence-corrected chi connectivity index (χ4v) is 4.48. The van der Waals surface area contributed by atoms with Crippen molar-refractivity contribution in [1.82, 2.24) is 15.1 Å². The Kier molecular flexibility index (Phi) is 5.83. The van der Waals surface area contributed by atoms with Crippen LogP contribution in [0.4, 0.5) is 0 Å². The first-order chi connectivity index (χ1) is 13.6. The summed E-state index contributed by atoms with van der Waals surface area (Å²) in [4.78, 5) is 17.3. The predicted molar refractivity (Wildman–Crippen MR) is 111 cm³/mol. The van der Waals surface area contributed by atoms with Gasteiger partial charge in [-0.3, -0.25) is 4.79 Å². The Bertz CT molecular complexity index is 774. The van der Waals surface area contributed by atoms with Gasteiger partial charge in [0.25, 0.3) is 0 Å². The molecule has 1 saturated heterocycles. The van der Waals surface area contributed by atoms with Crippen LogP contribution in [0.1, 0.15) is 31.2 Å². The van der Waals surface area contributed by atoms with Crippen LogP contribution in [-0.4, -0.2) is 62.1 Å². The Balaban J connectivity index is 1.36. The molecular formula is C23H31N3O2. The van der Waals surface area contributed by atoms with E-state index in [9.17, 15) is 4.79 Å². The number of likely N-dealkylation sites (N-methyl/N-ethyl adjacent to an activating group) is 1. The minimum atomic E-state index is 0.247. The molecule has 0 saturated carbocycles.